The largest absolute Gasteiger partial charge is 0.372 e. The molecule has 1 atom stereocenters. The first-order valence-electron chi connectivity index (χ1n) is 9.42. The van der Waals surface area contributed by atoms with Gasteiger partial charge in [-0.25, -0.2) is 0 Å². The zero-order valence-electron chi connectivity index (χ0n) is 15.5. The van der Waals surface area contributed by atoms with Crippen molar-refractivity contribution in [2.45, 2.75) is 45.6 Å². The maximum Gasteiger partial charge on any atom is 0.276 e. The summed E-state index contributed by atoms with van der Waals surface area (Å²) in [6.45, 7) is 6.40. The fourth-order valence-electron chi connectivity index (χ4n) is 2.99. The topological polar surface area (TPSA) is 70.2 Å². The lowest BCUT2D eigenvalue weighted by atomic mass is 10.1. The highest BCUT2D eigenvalue weighted by Crippen LogP contribution is 2.22. The number of nitrogens with one attached hydrogen (secondary N) is 2. The lowest BCUT2D eigenvalue weighted by Crippen LogP contribution is -2.29. The Morgan fingerprint density at radius 2 is 1.81 bits per heavy atom. The molecule has 26 heavy (non-hydrogen) atoms. The highest BCUT2D eigenvalue weighted by Gasteiger charge is 2.12. The van der Waals surface area contributed by atoms with E-state index in [1.54, 1.807) is 12.1 Å². The number of carbonyl (C=O) groups excluding carboxylic acids is 1. The number of hydrogen-bond donors (Lipinski definition) is 2. The molecule has 1 aromatic carbocycles. The number of nitrogens with zero attached hydrogens (tertiary/aromatic N) is 3. The average Bonchev–Trinajstić information content (AvgIpc) is 2.69. The Labute approximate surface area is 155 Å². The van der Waals surface area contributed by atoms with E-state index >= 15 is 0 Å². The number of benzene rings is 1. The minimum Gasteiger partial charge on any atom is -0.372 e. The van der Waals surface area contributed by atoms with Gasteiger partial charge in [0.2, 0.25) is 0 Å². The summed E-state index contributed by atoms with van der Waals surface area (Å²) in [6.07, 6.45) is 4.81. The second kappa shape index (κ2) is 8.65. The second-order valence-corrected chi connectivity index (χ2v) is 6.81. The van der Waals surface area contributed by atoms with E-state index in [1.165, 1.54) is 24.9 Å². The molecule has 0 aliphatic carbocycles. The summed E-state index contributed by atoms with van der Waals surface area (Å²) in [6, 6.07) is 11.8. The van der Waals surface area contributed by atoms with Gasteiger partial charge in [-0.2, -0.15) is 0 Å². The van der Waals surface area contributed by atoms with E-state index in [9.17, 15) is 4.79 Å². The molecule has 1 aliphatic rings. The molecule has 0 saturated carbocycles. The Hall–Kier alpha value is -2.63. The van der Waals surface area contributed by atoms with Gasteiger partial charge in [0.1, 0.15) is 5.82 Å². The molecule has 3 rings (SSSR count). The normalized spacial score (nSPS) is 15.4. The Morgan fingerprint density at radius 3 is 2.42 bits per heavy atom. The molecule has 1 amide bonds. The number of carbonyl (C=O) groups is 1. The van der Waals surface area contributed by atoms with Crippen LogP contribution in [0.5, 0.6) is 0 Å². The smallest absolute Gasteiger partial charge is 0.276 e. The fourth-order valence-corrected chi connectivity index (χ4v) is 2.99. The van der Waals surface area contributed by atoms with E-state index in [-0.39, 0.29) is 5.91 Å². The highest BCUT2D eigenvalue weighted by molar-refractivity contribution is 6.02. The van der Waals surface area contributed by atoms with Crippen molar-refractivity contribution < 1.29 is 4.79 Å². The summed E-state index contributed by atoms with van der Waals surface area (Å²) in [5.41, 5.74) is 2.28. The second-order valence-electron chi connectivity index (χ2n) is 6.81. The molecule has 1 saturated heterocycles. The molecule has 6 nitrogen and oxygen atoms in total. The van der Waals surface area contributed by atoms with Crippen molar-refractivity contribution in [2.24, 2.45) is 0 Å². The molecule has 1 aromatic heterocycles. The third-order valence-corrected chi connectivity index (χ3v) is 4.75. The predicted molar refractivity (Wildman–Crippen MR) is 106 cm³/mol. The van der Waals surface area contributed by atoms with Crippen molar-refractivity contribution in [3.63, 3.8) is 0 Å². The molecule has 1 fully saturated rings. The third kappa shape index (κ3) is 4.71. The number of hydrogen-bond acceptors (Lipinski definition) is 5. The van der Waals surface area contributed by atoms with Gasteiger partial charge in [-0.05, 0) is 69.0 Å². The van der Waals surface area contributed by atoms with Gasteiger partial charge in [0, 0.05) is 30.5 Å². The Kier molecular flexibility index (Phi) is 6.04. The van der Waals surface area contributed by atoms with Crippen LogP contribution in [0.3, 0.4) is 0 Å². The summed E-state index contributed by atoms with van der Waals surface area (Å²) < 4.78 is 0. The van der Waals surface area contributed by atoms with Gasteiger partial charge in [0.25, 0.3) is 5.91 Å². The number of amides is 1. The molecule has 138 valence electrons. The van der Waals surface area contributed by atoms with Crippen LogP contribution < -0.4 is 15.5 Å². The van der Waals surface area contributed by atoms with Crippen LogP contribution in [0.1, 0.15) is 50.0 Å². The zero-order chi connectivity index (χ0) is 18.4. The van der Waals surface area contributed by atoms with Gasteiger partial charge in [-0.15, -0.1) is 10.2 Å². The van der Waals surface area contributed by atoms with E-state index in [0.29, 0.717) is 17.6 Å². The number of piperidine rings is 1. The Bertz CT molecular complexity index is 708. The maximum atomic E-state index is 12.3. The first kappa shape index (κ1) is 18.2. The zero-order valence-corrected chi connectivity index (χ0v) is 15.5. The van der Waals surface area contributed by atoms with Gasteiger partial charge >= 0.3 is 0 Å². The van der Waals surface area contributed by atoms with Gasteiger partial charge in [0.15, 0.2) is 5.69 Å². The van der Waals surface area contributed by atoms with Gasteiger partial charge in [0.05, 0.1) is 0 Å². The van der Waals surface area contributed by atoms with Crippen LogP contribution in [0, 0.1) is 0 Å². The van der Waals surface area contributed by atoms with Gasteiger partial charge in [-0.1, -0.05) is 6.92 Å². The van der Waals surface area contributed by atoms with Gasteiger partial charge < -0.3 is 15.5 Å². The summed E-state index contributed by atoms with van der Waals surface area (Å²) in [5.74, 6) is 0.431. The molecule has 1 unspecified atom stereocenters. The third-order valence-electron chi connectivity index (χ3n) is 4.75. The van der Waals surface area contributed by atoms with E-state index in [4.69, 9.17) is 0 Å². The van der Waals surface area contributed by atoms with Crippen LogP contribution in [0.15, 0.2) is 36.4 Å². The van der Waals surface area contributed by atoms with Crippen LogP contribution in [0.4, 0.5) is 17.2 Å². The van der Waals surface area contributed by atoms with E-state index < -0.39 is 0 Å². The molecule has 1 aliphatic heterocycles. The molecule has 2 N–H and O–H groups in total. The molecular formula is C20H27N5O. The molecule has 6 heteroatoms. The standard InChI is InChI=1S/C20H27N5O/c1-3-15(2)21-19-12-11-18(23-24-19)20(26)22-16-7-9-17(10-8-16)25-13-5-4-6-14-25/h7-12,15H,3-6,13-14H2,1-2H3,(H,21,24)(H,22,26). The van der Waals surface area contributed by atoms with Crippen molar-refractivity contribution in [3.05, 3.63) is 42.1 Å². The summed E-state index contributed by atoms with van der Waals surface area (Å²) in [4.78, 5) is 14.7. The molecular weight excluding hydrogens is 326 g/mol. The van der Waals surface area contributed by atoms with Crippen molar-refractivity contribution >= 4 is 23.1 Å². The molecule has 0 spiro atoms. The van der Waals surface area contributed by atoms with E-state index in [0.717, 1.165) is 25.2 Å². The number of rotatable bonds is 6. The highest BCUT2D eigenvalue weighted by atomic mass is 16.1. The van der Waals surface area contributed by atoms with Crippen molar-refractivity contribution in [3.8, 4) is 0 Å². The first-order valence-corrected chi connectivity index (χ1v) is 9.42. The van der Waals surface area contributed by atoms with Crippen molar-refractivity contribution in [1.82, 2.24) is 10.2 Å². The quantitative estimate of drug-likeness (QED) is 0.823. The molecule has 0 radical (unpaired) electrons. The maximum absolute atomic E-state index is 12.3. The summed E-state index contributed by atoms with van der Waals surface area (Å²) in [7, 11) is 0. The van der Waals surface area contributed by atoms with Crippen LogP contribution in [-0.4, -0.2) is 35.2 Å². The Balaban J connectivity index is 1.58. The van der Waals surface area contributed by atoms with Crippen LogP contribution in [0.25, 0.3) is 0 Å². The lowest BCUT2D eigenvalue weighted by molar-refractivity contribution is 0.102. The average molecular weight is 353 g/mol. The lowest BCUT2D eigenvalue weighted by Gasteiger charge is -2.28. The summed E-state index contributed by atoms with van der Waals surface area (Å²) >= 11 is 0. The minimum atomic E-state index is -0.252. The van der Waals surface area contributed by atoms with E-state index in [1.807, 2.05) is 12.1 Å². The van der Waals surface area contributed by atoms with Crippen LogP contribution in [0.2, 0.25) is 0 Å². The Morgan fingerprint density at radius 1 is 1.08 bits per heavy atom. The predicted octanol–water partition coefficient (Wildman–Crippen LogP) is 3.93. The monoisotopic (exact) mass is 353 g/mol. The van der Waals surface area contributed by atoms with E-state index in [2.05, 4.69) is 51.7 Å². The first-order chi connectivity index (χ1) is 12.7. The minimum absolute atomic E-state index is 0.252. The molecule has 2 aromatic rings. The van der Waals surface area contributed by atoms with Crippen molar-refractivity contribution in [1.29, 1.82) is 0 Å². The molecule has 0 bridgehead atoms. The fraction of sp³-hybridized carbons (Fsp3) is 0.450. The SMILES string of the molecule is CCC(C)Nc1ccc(C(=O)Nc2ccc(N3CCCCC3)cc2)nn1. The van der Waals surface area contributed by atoms with Crippen LogP contribution >= 0.6 is 0 Å². The van der Waals surface area contributed by atoms with Gasteiger partial charge in [-0.3, -0.25) is 4.79 Å². The summed E-state index contributed by atoms with van der Waals surface area (Å²) in [5, 5.41) is 14.2. The van der Waals surface area contributed by atoms with Crippen molar-refractivity contribution in [2.75, 3.05) is 28.6 Å². The number of aromatic nitrogens is 2. The number of anilines is 3. The van der Waals surface area contributed by atoms with Crippen LogP contribution in [-0.2, 0) is 0 Å². The molecule has 2 heterocycles.